The van der Waals surface area contributed by atoms with E-state index in [4.69, 9.17) is 5.73 Å². The fraction of sp³-hybridized carbons (Fsp3) is 0.250. The van der Waals surface area contributed by atoms with Gasteiger partial charge in [-0.2, -0.15) is 0 Å². The third kappa shape index (κ3) is 3.88. The van der Waals surface area contributed by atoms with Crippen molar-refractivity contribution in [2.24, 2.45) is 5.73 Å². The Kier molecular flexibility index (Phi) is 4.72. The largest absolute Gasteiger partial charge is 0.324 e. The van der Waals surface area contributed by atoms with Crippen molar-refractivity contribution in [3.8, 4) is 0 Å². The zero-order valence-electron chi connectivity index (χ0n) is 10.9. The molecule has 2 N–H and O–H groups in total. The van der Waals surface area contributed by atoms with Gasteiger partial charge in [0.05, 0.1) is 0 Å². The van der Waals surface area contributed by atoms with Gasteiger partial charge >= 0.3 is 0 Å². The monoisotopic (exact) mass is 321 g/mol. The van der Waals surface area contributed by atoms with Gasteiger partial charge in [0.1, 0.15) is 5.82 Å². The summed E-state index contributed by atoms with van der Waals surface area (Å²) in [6, 6.07) is 13.0. The van der Waals surface area contributed by atoms with Crippen molar-refractivity contribution in [2.75, 3.05) is 0 Å². The number of rotatable bonds is 4. The molecule has 0 aliphatic heterocycles. The van der Waals surface area contributed by atoms with Crippen molar-refractivity contribution in [3.63, 3.8) is 0 Å². The molecule has 2 aromatic rings. The maximum Gasteiger partial charge on any atom is 0.128 e. The van der Waals surface area contributed by atoms with E-state index >= 15 is 0 Å². The van der Waals surface area contributed by atoms with Gasteiger partial charge in [0.25, 0.3) is 0 Å². The van der Waals surface area contributed by atoms with E-state index in [-0.39, 0.29) is 11.9 Å². The van der Waals surface area contributed by atoms with Crippen LogP contribution < -0.4 is 5.73 Å². The minimum atomic E-state index is -0.279. The standard InChI is InChI=1S/C16H17BrFN/c1-11-2-4-12(5-3-11)6-9-16(19)14-10-13(17)7-8-15(14)18/h2-5,7-8,10,16H,6,9,19H2,1H3. The number of hydrogen-bond donors (Lipinski definition) is 1. The first-order valence-corrected chi connectivity index (χ1v) is 7.11. The van der Waals surface area contributed by atoms with Crippen LogP contribution in [0.3, 0.4) is 0 Å². The summed E-state index contributed by atoms with van der Waals surface area (Å²) in [5.41, 5.74) is 9.13. The van der Waals surface area contributed by atoms with Gasteiger partial charge in [-0.05, 0) is 43.5 Å². The molecule has 0 aliphatic rings. The summed E-state index contributed by atoms with van der Waals surface area (Å²) in [4.78, 5) is 0. The van der Waals surface area contributed by atoms with Crippen LogP contribution in [0.1, 0.15) is 29.2 Å². The Morgan fingerprint density at radius 3 is 2.53 bits per heavy atom. The predicted octanol–water partition coefficient (Wildman–Crippen LogP) is 4.53. The van der Waals surface area contributed by atoms with Crippen LogP contribution in [0.2, 0.25) is 0 Å². The van der Waals surface area contributed by atoms with Gasteiger partial charge in [-0.1, -0.05) is 45.8 Å². The first-order valence-electron chi connectivity index (χ1n) is 6.32. The maximum atomic E-state index is 13.7. The summed E-state index contributed by atoms with van der Waals surface area (Å²) in [6.07, 6.45) is 1.59. The lowest BCUT2D eigenvalue weighted by atomic mass is 9.99. The average Bonchev–Trinajstić information content (AvgIpc) is 2.40. The van der Waals surface area contributed by atoms with E-state index in [1.54, 1.807) is 12.1 Å². The first kappa shape index (κ1) is 14.2. The van der Waals surface area contributed by atoms with Gasteiger partial charge in [0, 0.05) is 16.1 Å². The highest BCUT2D eigenvalue weighted by molar-refractivity contribution is 9.10. The van der Waals surface area contributed by atoms with Crippen LogP contribution in [0.4, 0.5) is 4.39 Å². The van der Waals surface area contributed by atoms with Crippen molar-refractivity contribution in [1.82, 2.24) is 0 Å². The van der Waals surface area contributed by atoms with Crippen LogP contribution in [0, 0.1) is 12.7 Å². The van der Waals surface area contributed by atoms with Crippen LogP contribution in [0.25, 0.3) is 0 Å². The van der Waals surface area contributed by atoms with Gasteiger partial charge < -0.3 is 5.73 Å². The summed E-state index contributed by atoms with van der Waals surface area (Å²) in [5, 5.41) is 0. The fourth-order valence-electron chi connectivity index (χ4n) is 2.03. The Bertz CT molecular complexity index is 551. The Hall–Kier alpha value is -1.19. The lowest BCUT2D eigenvalue weighted by molar-refractivity contribution is 0.563. The molecule has 0 aromatic heterocycles. The third-order valence-electron chi connectivity index (χ3n) is 3.22. The molecule has 19 heavy (non-hydrogen) atoms. The zero-order valence-corrected chi connectivity index (χ0v) is 12.5. The van der Waals surface area contributed by atoms with Gasteiger partial charge in [-0.25, -0.2) is 4.39 Å². The summed E-state index contributed by atoms with van der Waals surface area (Å²) in [5.74, 6) is -0.236. The molecule has 0 radical (unpaired) electrons. The average molecular weight is 322 g/mol. The minimum Gasteiger partial charge on any atom is -0.324 e. The van der Waals surface area contributed by atoms with E-state index in [1.165, 1.54) is 17.2 Å². The Balaban J connectivity index is 2.03. The van der Waals surface area contributed by atoms with Gasteiger partial charge in [0.15, 0.2) is 0 Å². The summed E-state index contributed by atoms with van der Waals surface area (Å²) in [6.45, 7) is 2.06. The predicted molar refractivity (Wildman–Crippen MR) is 80.5 cm³/mol. The lowest BCUT2D eigenvalue weighted by Gasteiger charge is -2.13. The molecule has 0 amide bonds. The molecule has 3 heteroatoms. The van der Waals surface area contributed by atoms with Gasteiger partial charge in [-0.15, -0.1) is 0 Å². The van der Waals surface area contributed by atoms with Crippen molar-refractivity contribution in [3.05, 3.63) is 69.4 Å². The minimum absolute atomic E-state index is 0.236. The molecule has 0 bridgehead atoms. The highest BCUT2D eigenvalue weighted by atomic mass is 79.9. The molecule has 0 spiro atoms. The molecule has 100 valence electrons. The summed E-state index contributed by atoms with van der Waals surface area (Å²) in [7, 11) is 0. The van der Waals surface area contributed by atoms with Crippen molar-refractivity contribution >= 4 is 15.9 Å². The molecule has 0 fully saturated rings. The van der Waals surface area contributed by atoms with Crippen LogP contribution in [0.15, 0.2) is 46.9 Å². The fourth-order valence-corrected chi connectivity index (χ4v) is 2.41. The number of nitrogens with two attached hydrogens (primary N) is 1. The summed E-state index contributed by atoms with van der Waals surface area (Å²) >= 11 is 3.35. The van der Waals surface area contributed by atoms with Crippen LogP contribution >= 0.6 is 15.9 Å². The third-order valence-corrected chi connectivity index (χ3v) is 3.72. The van der Waals surface area contributed by atoms with Gasteiger partial charge in [-0.3, -0.25) is 0 Å². The number of aryl methyl sites for hydroxylation is 2. The maximum absolute atomic E-state index is 13.7. The second kappa shape index (κ2) is 6.31. The molecule has 0 saturated heterocycles. The first-order chi connectivity index (χ1) is 9.06. The quantitative estimate of drug-likeness (QED) is 0.879. The second-order valence-corrected chi connectivity index (χ2v) is 5.71. The van der Waals surface area contributed by atoms with E-state index in [0.29, 0.717) is 5.56 Å². The molecule has 2 rings (SSSR count). The molecule has 2 aromatic carbocycles. The van der Waals surface area contributed by atoms with Gasteiger partial charge in [0.2, 0.25) is 0 Å². The van der Waals surface area contributed by atoms with Crippen molar-refractivity contribution in [1.29, 1.82) is 0 Å². The van der Waals surface area contributed by atoms with Crippen LogP contribution in [0.5, 0.6) is 0 Å². The van der Waals surface area contributed by atoms with Crippen molar-refractivity contribution in [2.45, 2.75) is 25.8 Å². The Morgan fingerprint density at radius 2 is 1.84 bits per heavy atom. The smallest absolute Gasteiger partial charge is 0.128 e. The zero-order chi connectivity index (χ0) is 13.8. The highest BCUT2D eigenvalue weighted by Gasteiger charge is 2.12. The van der Waals surface area contributed by atoms with E-state index in [9.17, 15) is 4.39 Å². The van der Waals surface area contributed by atoms with E-state index < -0.39 is 0 Å². The molecule has 0 saturated carbocycles. The Labute approximate surface area is 121 Å². The summed E-state index contributed by atoms with van der Waals surface area (Å²) < 4.78 is 14.6. The number of benzene rings is 2. The van der Waals surface area contributed by atoms with E-state index in [2.05, 4.69) is 47.1 Å². The number of hydrogen-bond acceptors (Lipinski definition) is 1. The molecular formula is C16H17BrFN. The molecule has 1 nitrogen and oxygen atoms in total. The SMILES string of the molecule is Cc1ccc(CCC(N)c2cc(Br)ccc2F)cc1. The Morgan fingerprint density at radius 1 is 1.16 bits per heavy atom. The van der Waals surface area contributed by atoms with Crippen LogP contribution in [-0.2, 0) is 6.42 Å². The molecule has 0 heterocycles. The number of halogens is 2. The normalized spacial score (nSPS) is 12.4. The van der Waals surface area contributed by atoms with Crippen molar-refractivity contribution < 1.29 is 4.39 Å². The molecular weight excluding hydrogens is 305 g/mol. The van der Waals surface area contributed by atoms with E-state index in [0.717, 1.165) is 17.3 Å². The highest BCUT2D eigenvalue weighted by Crippen LogP contribution is 2.23. The molecule has 1 atom stereocenters. The topological polar surface area (TPSA) is 26.0 Å². The molecule has 0 aliphatic carbocycles. The van der Waals surface area contributed by atoms with E-state index in [1.807, 2.05) is 0 Å². The molecule has 1 unspecified atom stereocenters. The lowest BCUT2D eigenvalue weighted by Crippen LogP contribution is -2.13. The second-order valence-electron chi connectivity index (χ2n) is 4.80. The van der Waals surface area contributed by atoms with Crippen LogP contribution in [-0.4, -0.2) is 0 Å².